The van der Waals surface area contributed by atoms with E-state index in [9.17, 15) is 0 Å². The zero-order valence-corrected chi connectivity index (χ0v) is 77.7. The van der Waals surface area contributed by atoms with Crippen LogP contribution in [-0.4, -0.2) is 4.31 Å². The third kappa shape index (κ3) is 18.2. The first kappa shape index (κ1) is 79.4. The minimum absolute atomic E-state index is 1.17. The van der Waals surface area contributed by atoms with E-state index in [1.807, 2.05) is 210 Å². The average molecular weight is 1770 g/mol. The molecule has 0 spiro atoms. The Labute approximate surface area is 717 Å². The van der Waals surface area contributed by atoms with Crippen LogP contribution >= 0.6 is 230 Å². The molecule has 14 aromatic rings. The Hall–Kier alpha value is -2.84. The largest absolute Gasteiger partial charge is 0.139 e. The summed E-state index contributed by atoms with van der Waals surface area (Å²) in [5.74, 6) is 0. The van der Waals surface area contributed by atoms with Crippen molar-refractivity contribution < 1.29 is 0 Å². The second-order valence-electron chi connectivity index (χ2n) is 27.3. The monoisotopic (exact) mass is 1770 g/mol. The van der Waals surface area contributed by atoms with Crippen LogP contribution in [0, 0.1) is 27.7 Å². The van der Waals surface area contributed by atoms with Crippen molar-refractivity contribution in [2.45, 2.75) is 203 Å². The molecular formula is C87H84S20. The van der Waals surface area contributed by atoms with Crippen LogP contribution in [0.25, 0.3) is 117 Å². The molecule has 0 aromatic carbocycles. The lowest BCUT2D eigenvalue weighted by Gasteiger charge is -2.04. The van der Waals surface area contributed by atoms with Crippen LogP contribution in [0.4, 0.5) is 0 Å². The minimum Gasteiger partial charge on any atom is -0.139 e. The van der Waals surface area contributed by atoms with Crippen molar-refractivity contribution in [3.63, 3.8) is 0 Å². The molecule has 2 aliphatic heterocycles. The Bertz CT molecular complexity index is 4780. The molecule has 0 aliphatic carbocycles. The van der Waals surface area contributed by atoms with Gasteiger partial charge in [-0.3, -0.25) is 0 Å². The fraction of sp³-hybridized carbons (Fsp3) is 0.322. The van der Waals surface area contributed by atoms with Crippen molar-refractivity contribution in [2.24, 2.45) is 0 Å². The van der Waals surface area contributed by atoms with Gasteiger partial charge in [-0.2, -0.15) is 0 Å². The summed E-state index contributed by atoms with van der Waals surface area (Å²) in [6, 6.07) is 48.5. The summed E-state index contributed by atoms with van der Waals surface area (Å²) in [6.45, 7) is 18.4. The Morgan fingerprint density at radius 3 is 0.589 bits per heavy atom. The highest BCUT2D eigenvalue weighted by atomic mass is 32.2. The first-order valence-electron chi connectivity index (χ1n) is 37.3. The molecule has 0 N–H and O–H groups in total. The molecule has 20 heteroatoms. The number of unbranched alkanes of at least 4 members (excludes halogenated alkanes) is 12. The molecule has 0 amide bonds. The van der Waals surface area contributed by atoms with Crippen LogP contribution < -0.4 is 0 Å². The van der Waals surface area contributed by atoms with E-state index in [1.165, 1.54) is 315 Å². The number of rotatable bonds is 32. The quantitative estimate of drug-likeness (QED) is 0.0302. The molecule has 552 valence electrons. The van der Waals surface area contributed by atoms with Gasteiger partial charge in [-0.25, -0.2) is 0 Å². The molecule has 0 atom stereocenters. The summed E-state index contributed by atoms with van der Waals surface area (Å²) in [5.41, 5.74) is 6.14. The van der Waals surface area contributed by atoms with Crippen LogP contribution in [0.5, 0.6) is 0 Å². The zero-order valence-electron chi connectivity index (χ0n) is 61.4. The minimum atomic E-state index is 1.17. The van der Waals surface area contributed by atoms with E-state index in [4.69, 9.17) is 0 Å². The second-order valence-corrected chi connectivity index (χ2v) is 48.3. The third-order valence-corrected chi connectivity index (χ3v) is 43.1. The Balaban J connectivity index is 0.00000300. The van der Waals surface area contributed by atoms with Crippen LogP contribution in [0.3, 0.4) is 0 Å². The molecule has 0 radical (unpaired) electrons. The topological polar surface area (TPSA) is 0 Å². The number of aryl methyl sites for hydroxylation is 8. The molecule has 16 heterocycles. The van der Waals surface area contributed by atoms with Crippen molar-refractivity contribution in [2.75, 3.05) is 0 Å². The van der Waals surface area contributed by atoms with Crippen LogP contribution in [0.1, 0.15) is 172 Å². The van der Waals surface area contributed by atoms with Gasteiger partial charge in [0.25, 0.3) is 0 Å². The first-order valence-corrected chi connectivity index (χ1v) is 52.9. The second kappa shape index (κ2) is 37.2. The normalized spacial score (nSPS) is 12.7. The van der Waals surface area contributed by atoms with Gasteiger partial charge in [-0.1, -0.05) is 152 Å². The lowest BCUT2D eigenvalue weighted by Crippen LogP contribution is -1.85. The number of thiophene rings is 14. The molecule has 16 rings (SSSR count). The Morgan fingerprint density at radius 2 is 0.402 bits per heavy atom. The molecule has 2 aliphatic rings. The smallest absolute Gasteiger partial charge is 0.0707 e. The number of thioether (sulfide) groups is 4. The van der Waals surface area contributed by atoms with E-state index >= 15 is 0 Å². The summed E-state index contributed by atoms with van der Waals surface area (Å²) < 4.78 is 4.76. The molecule has 0 saturated carbocycles. The lowest BCUT2D eigenvalue weighted by molar-refractivity contribution is 0.668. The molecule has 0 unspecified atom stereocenters. The maximum atomic E-state index is 3.96. The highest BCUT2D eigenvalue weighted by Gasteiger charge is 2.38. The maximum Gasteiger partial charge on any atom is 0.0707 e. The maximum absolute atomic E-state index is 3.96. The van der Waals surface area contributed by atoms with Gasteiger partial charge in [-0.15, -0.1) is 159 Å². The number of hydrogen-bond donors (Lipinski definition) is 0. The fourth-order valence-corrected chi connectivity index (χ4v) is 36.9. The molecular weight excluding hydrogens is 1690 g/mol. The van der Waals surface area contributed by atoms with Crippen molar-refractivity contribution >= 4 is 235 Å². The average Bonchev–Trinajstić information content (AvgIpc) is 1.57. The Morgan fingerprint density at radius 1 is 0.224 bits per heavy atom. The number of fused-ring (bicyclic) bond motifs is 2. The molecule has 0 saturated heterocycles. The van der Waals surface area contributed by atoms with Crippen LogP contribution in [0.2, 0.25) is 0 Å². The molecule has 0 bridgehead atoms. The van der Waals surface area contributed by atoms with Gasteiger partial charge >= 0.3 is 0 Å². The summed E-state index contributed by atoms with van der Waals surface area (Å²) in [5, 5.41) is 0. The predicted octanol–water partition coefficient (Wildman–Crippen LogP) is 37.5. The van der Waals surface area contributed by atoms with Gasteiger partial charge < -0.3 is 0 Å². The van der Waals surface area contributed by atoms with Gasteiger partial charge in [0.2, 0.25) is 0 Å². The van der Waals surface area contributed by atoms with E-state index in [0.29, 0.717) is 0 Å². The van der Waals surface area contributed by atoms with Crippen molar-refractivity contribution in [3.8, 4) is 117 Å². The van der Waals surface area contributed by atoms with Gasteiger partial charge in [0, 0.05) is 141 Å². The number of hydrogen-bond acceptors (Lipinski definition) is 20. The molecule has 107 heavy (non-hydrogen) atoms. The van der Waals surface area contributed by atoms with Crippen molar-refractivity contribution in [1.29, 1.82) is 0 Å². The molecule has 0 nitrogen and oxygen atoms in total. The summed E-state index contributed by atoms with van der Waals surface area (Å²) in [6.07, 6.45) is 25.4. The highest BCUT2D eigenvalue weighted by molar-refractivity contribution is 8.31. The van der Waals surface area contributed by atoms with Gasteiger partial charge in [-0.05, 0) is 247 Å². The highest BCUT2D eigenvalue weighted by Crippen LogP contribution is 2.70. The van der Waals surface area contributed by atoms with E-state index in [2.05, 4.69) is 201 Å². The SMILES string of the molecule is CCCCCCc1cc(C)sc1-c1ccc(-c2ccc(-c3sc(-c4ccc(-c5ccc(-c6sc(C)cc6CCCCCC)s5)s4)c4c3SC(=C3Sc5c(-c6ccc(-c7ccc(-c8sc(C)cc8CCCCCC)s7)s6)sc(-c6ccc(-c7ccc(-c8sc(C)cc8CCCCCC)s7)s6)c5S3)S4)s2)s1.S=C=S. The van der Waals surface area contributed by atoms with Gasteiger partial charge in [0.15, 0.2) is 0 Å². The molecule has 14 aromatic heterocycles. The van der Waals surface area contributed by atoms with E-state index in [1.54, 1.807) is 0 Å². The van der Waals surface area contributed by atoms with Crippen LogP contribution in [0.15, 0.2) is 149 Å². The molecule has 0 fully saturated rings. The van der Waals surface area contributed by atoms with Crippen molar-refractivity contribution in [3.05, 3.63) is 172 Å². The standard InChI is InChI=1S/C86H84S18.CS2/c1-9-13-17-21-25-53-45-49(5)87-73(53)65-37-29-57(91-65)61-33-41-69(95-61)77-81-82(78(99-77)70-42-34-62(96-70)58-30-38-66(92-58)74-54(46-50(6)88-74)26-22-18-14-10-2)102-85(101-81)86-103-83-79(71-43-35-63(97-71)59-31-39-67(93-59)75-55(47-51(7)89-75)27-23-19-15-11-3)100-80(84(83)104-86)72-44-36-64(98-72)60-32-40-68(94-60)76-56(48-52(8)90-76)28-24-20-16-12-4;2-1-3/h29-48H,9-28H2,1-8H3;. The third-order valence-electron chi connectivity index (χ3n) is 19.1. The predicted molar refractivity (Wildman–Crippen MR) is 509 cm³/mol. The van der Waals surface area contributed by atoms with Crippen molar-refractivity contribution in [1.82, 2.24) is 0 Å². The van der Waals surface area contributed by atoms with E-state index < -0.39 is 0 Å². The summed E-state index contributed by atoms with van der Waals surface area (Å²) in [4.78, 5) is 45.1. The Kier molecular flexibility index (Phi) is 27.6. The van der Waals surface area contributed by atoms with E-state index in [-0.39, 0.29) is 0 Å². The number of thiocarbonyl (C=S) groups is 2. The zero-order chi connectivity index (χ0) is 73.7. The van der Waals surface area contributed by atoms with E-state index in [0.717, 1.165) is 0 Å². The summed E-state index contributed by atoms with van der Waals surface area (Å²) >= 11 is 44.0. The lowest BCUT2D eigenvalue weighted by atomic mass is 10.1. The fourth-order valence-electron chi connectivity index (χ4n) is 14.0. The van der Waals surface area contributed by atoms with Gasteiger partial charge in [0.05, 0.1) is 28.0 Å². The van der Waals surface area contributed by atoms with Crippen LogP contribution in [-0.2, 0) is 25.7 Å². The van der Waals surface area contributed by atoms with Gasteiger partial charge in [0.1, 0.15) is 0 Å². The first-order chi connectivity index (χ1) is 52.3. The summed E-state index contributed by atoms with van der Waals surface area (Å²) in [7, 11) is 0.